The number of rotatable bonds is 9. The van der Waals surface area contributed by atoms with Crippen LogP contribution in [-0.4, -0.2) is 31.5 Å². The number of unbranched alkanes of at least 4 members (excludes halogenated alkanes) is 3. The van der Waals surface area contributed by atoms with E-state index in [0.29, 0.717) is 18.9 Å². The van der Waals surface area contributed by atoms with Crippen molar-refractivity contribution in [3.05, 3.63) is 35.9 Å². The van der Waals surface area contributed by atoms with Gasteiger partial charge in [-0.2, -0.15) is 5.26 Å². The minimum Gasteiger partial charge on any atom is -0.359 e. The van der Waals surface area contributed by atoms with Gasteiger partial charge in [0.1, 0.15) is 0 Å². The Bertz CT molecular complexity index is 687. The summed E-state index contributed by atoms with van der Waals surface area (Å²) < 4.78 is 0. The van der Waals surface area contributed by atoms with Crippen LogP contribution in [0.3, 0.4) is 0 Å². The molecule has 0 spiro atoms. The van der Waals surface area contributed by atoms with Gasteiger partial charge in [0.25, 0.3) is 0 Å². The Morgan fingerprint density at radius 1 is 1.21 bits per heavy atom. The molecule has 1 aromatic rings. The van der Waals surface area contributed by atoms with E-state index in [1.165, 1.54) is 18.4 Å². The third kappa shape index (κ3) is 7.08. The van der Waals surface area contributed by atoms with Crippen LogP contribution in [0.25, 0.3) is 0 Å². The molecule has 1 fully saturated rings. The quantitative estimate of drug-likeness (QED) is 0.257. The summed E-state index contributed by atoms with van der Waals surface area (Å²) in [5.74, 6) is 0.681. The van der Waals surface area contributed by atoms with E-state index in [-0.39, 0.29) is 17.4 Å². The van der Waals surface area contributed by atoms with Crippen molar-refractivity contribution in [2.45, 2.75) is 76.2 Å². The molecule has 0 radical (unpaired) electrons. The van der Waals surface area contributed by atoms with Crippen LogP contribution in [0, 0.1) is 11.5 Å². The number of amides is 1. The van der Waals surface area contributed by atoms with Crippen LogP contribution in [-0.2, 0) is 10.2 Å². The van der Waals surface area contributed by atoms with Gasteiger partial charge in [0.05, 0.1) is 0 Å². The third-order valence-corrected chi connectivity index (χ3v) is 5.95. The standard InChI is InChI=1S/C23H35N5O/c1-3-4-5-9-12-21(29)26-17-23(19-10-7-6-8-11-19)15-13-20(14-16-23)28-22(25-2)27-18-24/h6-8,10-11,20H,3-5,9,12-17H2,1-2H3,(H,26,29)(H2,25,27,28)/t20-,23-. The smallest absolute Gasteiger partial charge is 0.220 e. The molecule has 1 aromatic carbocycles. The fourth-order valence-electron chi connectivity index (χ4n) is 4.15. The highest BCUT2D eigenvalue weighted by molar-refractivity contribution is 5.80. The zero-order valence-corrected chi connectivity index (χ0v) is 17.8. The molecule has 3 N–H and O–H groups in total. The Morgan fingerprint density at radius 2 is 1.93 bits per heavy atom. The fourth-order valence-corrected chi connectivity index (χ4v) is 4.15. The molecule has 29 heavy (non-hydrogen) atoms. The summed E-state index contributed by atoms with van der Waals surface area (Å²) in [7, 11) is 1.76. The van der Waals surface area contributed by atoms with Crippen molar-refractivity contribution in [2.75, 3.05) is 13.6 Å². The molecular formula is C23H35N5O. The van der Waals surface area contributed by atoms with Gasteiger partial charge in [0.2, 0.25) is 18.1 Å². The van der Waals surface area contributed by atoms with E-state index in [1.807, 2.05) is 12.3 Å². The molecule has 0 aliphatic heterocycles. The zero-order chi connectivity index (χ0) is 21.0. The lowest BCUT2D eigenvalue weighted by molar-refractivity contribution is -0.121. The average molecular weight is 398 g/mol. The van der Waals surface area contributed by atoms with Gasteiger partial charge in [-0.05, 0) is 37.7 Å². The predicted molar refractivity (Wildman–Crippen MR) is 117 cm³/mol. The van der Waals surface area contributed by atoms with Crippen molar-refractivity contribution in [3.63, 3.8) is 0 Å². The largest absolute Gasteiger partial charge is 0.359 e. The Morgan fingerprint density at radius 3 is 2.55 bits per heavy atom. The summed E-state index contributed by atoms with van der Waals surface area (Å²) in [6.07, 6.45) is 10.8. The van der Waals surface area contributed by atoms with E-state index in [2.05, 4.69) is 52.1 Å². The van der Waals surface area contributed by atoms with Gasteiger partial charge in [0, 0.05) is 31.5 Å². The minimum absolute atomic E-state index is 0.0370. The first-order valence-electron chi connectivity index (χ1n) is 10.9. The Balaban J connectivity index is 1.98. The fraction of sp³-hybridized carbons (Fsp3) is 0.609. The monoisotopic (exact) mass is 397 g/mol. The first-order chi connectivity index (χ1) is 14.1. The van der Waals surface area contributed by atoms with Crippen LogP contribution in [0.2, 0.25) is 0 Å². The maximum atomic E-state index is 12.4. The van der Waals surface area contributed by atoms with E-state index in [9.17, 15) is 4.79 Å². The second-order valence-electron chi connectivity index (χ2n) is 7.96. The molecule has 0 aromatic heterocycles. The van der Waals surface area contributed by atoms with Crippen molar-refractivity contribution in [1.82, 2.24) is 16.0 Å². The molecule has 0 saturated heterocycles. The van der Waals surface area contributed by atoms with Gasteiger partial charge >= 0.3 is 0 Å². The number of hydrogen-bond acceptors (Lipinski definition) is 3. The number of nitrogens with one attached hydrogen (secondary N) is 3. The Kier molecular flexibility index (Phi) is 9.49. The first-order valence-corrected chi connectivity index (χ1v) is 10.9. The zero-order valence-electron chi connectivity index (χ0n) is 17.8. The van der Waals surface area contributed by atoms with Gasteiger partial charge in [-0.1, -0.05) is 56.5 Å². The van der Waals surface area contributed by atoms with E-state index in [0.717, 1.165) is 38.5 Å². The number of nitriles is 1. The highest BCUT2D eigenvalue weighted by atomic mass is 16.1. The Hall–Kier alpha value is -2.55. The van der Waals surface area contributed by atoms with Crippen molar-refractivity contribution in [1.29, 1.82) is 5.26 Å². The molecule has 0 heterocycles. The summed E-state index contributed by atoms with van der Waals surface area (Å²) >= 11 is 0. The van der Waals surface area contributed by atoms with Crippen molar-refractivity contribution in [3.8, 4) is 6.19 Å². The van der Waals surface area contributed by atoms with Gasteiger partial charge in [-0.15, -0.1) is 4.99 Å². The lowest BCUT2D eigenvalue weighted by Crippen LogP contribution is -2.49. The number of benzene rings is 1. The molecule has 1 saturated carbocycles. The van der Waals surface area contributed by atoms with Gasteiger partial charge in [-0.25, -0.2) is 0 Å². The number of aliphatic imine (C=N–C) groups is 1. The van der Waals surface area contributed by atoms with E-state index in [4.69, 9.17) is 5.26 Å². The van der Waals surface area contributed by atoms with E-state index < -0.39 is 0 Å². The predicted octanol–water partition coefficient (Wildman–Crippen LogP) is 3.60. The minimum atomic E-state index is -0.0370. The normalized spacial score (nSPS) is 21.8. The van der Waals surface area contributed by atoms with Crippen LogP contribution in [0.5, 0.6) is 0 Å². The van der Waals surface area contributed by atoms with Crippen LogP contribution < -0.4 is 16.0 Å². The van der Waals surface area contributed by atoms with Crippen molar-refractivity contribution < 1.29 is 4.79 Å². The number of carbonyl (C=O) groups is 1. The van der Waals surface area contributed by atoms with E-state index in [1.54, 1.807) is 7.05 Å². The molecule has 158 valence electrons. The number of guanidine groups is 1. The number of hydrogen-bond donors (Lipinski definition) is 3. The van der Waals surface area contributed by atoms with Crippen molar-refractivity contribution >= 4 is 11.9 Å². The molecular weight excluding hydrogens is 362 g/mol. The second-order valence-corrected chi connectivity index (χ2v) is 7.96. The SMILES string of the molecule is CCCCCCC(=O)NC[C@]1(c2ccccc2)CC[C@H](N/C(=N/C#N)NC)CC1. The molecule has 6 heteroatoms. The van der Waals surface area contributed by atoms with Crippen LogP contribution in [0.1, 0.15) is 70.3 Å². The maximum absolute atomic E-state index is 12.4. The lowest BCUT2D eigenvalue weighted by Gasteiger charge is -2.41. The molecule has 0 bridgehead atoms. The van der Waals surface area contributed by atoms with Gasteiger partial charge < -0.3 is 16.0 Å². The maximum Gasteiger partial charge on any atom is 0.220 e. The topological polar surface area (TPSA) is 89.3 Å². The molecule has 0 unspecified atom stereocenters. The summed E-state index contributed by atoms with van der Waals surface area (Å²) in [6, 6.07) is 10.8. The highest BCUT2D eigenvalue weighted by Crippen LogP contribution is 2.39. The number of carbonyl (C=O) groups excluding carboxylic acids is 1. The lowest BCUT2D eigenvalue weighted by atomic mass is 9.68. The molecule has 6 nitrogen and oxygen atoms in total. The summed E-state index contributed by atoms with van der Waals surface area (Å²) in [5, 5.41) is 18.3. The molecule has 0 atom stereocenters. The van der Waals surface area contributed by atoms with E-state index >= 15 is 0 Å². The molecule has 1 aliphatic rings. The van der Waals surface area contributed by atoms with Crippen molar-refractivity contribution in [2.24, 2.45) is 4.99 Å². The third-order valence-electron chi connectivity index (χ3n) is 5.95. The Labute approximate surface area is 175 Å². The van der Waals surface area contributed by atoms with Gasteiger partial charge in [-0.3, -0.25) is 4.79 Å². The van der Waals surface area contributed by atoms with Gasteiger partial charge in [0.15, 0.2) is 0 Å². The summed E-state index contributed by atoms with van der Waals surface area (Å²) in [6.45, 7) is 2.86. The summed E-state index contributed by atoms with van der Waals surface area (Å²) in [4.78, 5) is 16.1. The molecule has 2 rings (SSSR count). The first kappa shape index (κ1) is 22.7. The van der Waals surface area contributed by atoms with Crippen LogP contribution in [0.4, 0.5) is 0 Å². The second kappa shape index (κ2) is 12.1. The summed E-state index contributed by atoms with van der Waals surface area (Å²) in [5.41, 5.74) is 1.26. The molecule has 1 aliphatic carbocycles. The van der Waals surface area contributed by atoms with Crippen LogP contribution >= 0.6 is 0 Å². The highest BCUT2D eigenvalue weighted by Gasteiger charge is 2.37. The number of nitrogens with zero attached hydrogens (tertiary/aromatic N) is 2. The average Bonchev–Trinajstić information content (AvgIpc) is 2.76. The molecule has 1 amide bonds. The van der Waals surface area contributed by atoms with Crippen LogP contribution in [0.15, 0.2) is 35.3 Å².